The van der Waals surface area contributed by atoms with Crippen LogP contribution in [0, 0.1) is 5.92 Å². The molecule has 0 spiro atoms. The van der Waals surface area contributed by atoms with Crippen LogP contribution in [0.3, 0.4) is 0 Å². The molecule has 0 saturated carbocycles. The van der Waals surface area contributed by atoms with Crippen molar-refractivity contribution in [3.05, 3.63) is 18.2 Å². The van der Waals surface area contributed by atoms with Crippen molar-refractivity contribution in [1.82, 2.24) is 0 Å². The Morgan fingerprint density at radius 3 is 2.25 bits per heavy atom. The second-order valence-electron chi connectivity index (χ2n) is 4.99. The largest absolute Gasteiger partial charge is 0.399 e. The molecule has 0 fully saturated rings. The highest BCUT2D eigenvalue weighted by molar-refractivity contribution is 7.89. The average molecular weight is 299 g/mol. The normalized spacial score (nSPS) is 11.8. The van der Waals surface area contributed by atoms with Crippen molar-refractivity contribution in [2.24, 2.45) is 11.1 Å². The van der Waals surface area contributed by atoms with Crippen LogP contribution in [0.25, 0.3) is 0 Å². The maximum atomic E-state index is 11.7. The molecule has 0 heterocycles. The summed E-state index contributed by atoms with van der Waals surface area (Å²) in [6.45, 7) is 7.83. The lowest BCUT2D eigenvalue weighted by Crippen LogP contribution is -2.31. The van der Waals surface area contributed by atoms with Gasteiger partial charge in [0.05, 0.1) is 5.69 Å². The zero-order valence-corrected chi connectivity index (χ0v) is 13.3. The SMILES string of the molecule is CCC(CC)CN(CC)c1ccc(N)cc1S(N)(=O)=O. The first-order valence-corrected chi connectivity index (χ1v) is 8.55. The molecule has 0 atom stereocenters. The lowest BCUT2D eigenvalue weighted by atomic mass is 10.0. The number of rotatable bonds is 7. The fourth-order valence-corrected chi connectivity index (χ4v) is 3.07. The van der Waals surface area contributed by atoms with Crippen molar-refractivity contribution in [2.75, 3.05) is 23.7 Å². The highest BCUT2D eigenvalue weighted by Gasteiger charge is 2.20. The van der Waals surface area contributed by atoms with Crippen LogP contribution in [-0.4, -0.2) is 21.5 Å². The third-order valence-corrected chi connectivity index (χ3v) is 4.59. The lowest BCUT2D eigenvalue weighted by Gasteiger charge is -2.29. The van der Waals surface area contributed by atoms with Crippen LogP contribution in [0.5, 0.6) is 0 Å². The first-order chi connectivity index (χ1) is 9.33. The molecule has 6 heteroatoms. The molecule has 5 nitrogen and oxygen atoms in total. The van der Waals surface area contributed by atoms with Crippen molar-refractivity contribution in [3.63, 3.8) is 0 Å². The van der Waals surface area contributed by atoms with Gasteiger partial charge in [-0.2, -0.15) is 0 Å². The number of anilines is 2. The summed E-state index contributed by atoms with van der Waals surface area (Å²) in [5, 5.41) is 5.30. The maximum Gasteiger partial charge on any atom is 0.240 e. The lowest BCUT2D eigenvalue weighted by molar-refractivity contribution is 0.485. The van der Waals surface area contributed by atoms with E-state index in [0.717, 1.165) is 25.9 Å². The fraction of sp³-hybridized carbons (Fsp3) is 0.571. The van der Waals surface area contributed by atoms with Crippen LogP contribution in [0.4, 0.5) is 11.4 Å². The van der Waals surface area contributed by atoms with E-state index in [2.05, 4.69) is 18.7 Å². The Kier molecular flexibility index (Phi) is 5.83. The minimum atomic E-state index is -3.78. The average Bonchev–Trinajstić information content (AvgIpc) is 2.40. The molecule has 1 rings (SSSR count). The molecule has 20 heavy (non-hydrogen) atoms. The standard InChI is InChI=1S/C14H25N3O2S/c1-4-11(5-2)10-17(6-3)13-8-7-12(15)9-14(13)20(16,18)19/h7-9,11H,4-6,10,15H2,1-3H3,(H2,16,18,19). The molecule has 0 unspecified atom stereocenters. The van der Waals surface area contributed by atoms with Gasteiger partial charge in [-0.3, -0.25) is 0 Å². The van der Waals surface area contributed by atoms with E-state index in [1.165, 1.54) is 6.07 Å². The van der Waals surface area contributed by atoms with Crippen LogP contribution in [-0.2, 0) is 10.0 Å². The second kappa shape index (κ2) is 6.95. The summed E-state index contributed by atoms with van der Waals surface area (Å²) in [5.41, 5.74) is 6.72. The molecule has 0 aliphatic heterocycles. The molecule has 0 amide bonds. The minimum Gasteiger partial charge on any atom is -0.399 e. The van der Waals surface area contributed by atoms with Gasteiger partial charge in [-0.1, -0.05) is 26.7 Å². The first-order valence-electron chi connectivity index (χ1n) is 7.00. The molecular formula is C14H25N3O2S. The molecule has 1 aromatic rings. The molecule has 0 bridgehead atoms. The van der Waals surface area contributed by atoms with E-state index in [0.29, 0.717) is 17.3 Å². The van der Waals surface area contributed by atoms with Gasteiger partial charge >= 0.3 is 0 Å². The summed E-state index contributed by atoms with van der Waals surface area (Å²) in [7, 11) is -3.78. The van der Waals surface area contributed by atoms with E-state index in [-0.39, 0.29) is 4.90 Å². The van der Waals surface area contributed by atoms with E-state index in [1.54, 1.807) is 12.1 Å². The second-order valence-corrected chi connectivity index (χ2v) is 6.52. The number of hydrogen-bond acceptors (Lipinski definition) is 4. The Morgan fingerprint density at radius 2 is 1.80 bits per heavy atom. The smallest absolute Gasteiger partial charge is 0.240 e. The highest BCUT2D eigenvalue weighted by Crippen LogP contribution is 2.28. The van der Waals surface area contributed by atoms with Gasteiger partial charge in [0.15, 0.2) is 0 Å². The summed E-state index contributed by atoms with van der Waals surface area (Å²) < 4.78 is 23.5. The molecule has 0 aliphatic carbocycles. The molecule has 1 aromatic carbocycles. The van der Waals surface area contributed by atoms with Gasteiger partial charge in [0.25, 0.3) is 0 Å². The molecule has 0 saturated heterocycles. The van der Waals surface area contributed by atoms with Crippen molar-refractivity contribution in [3.8, 4) is 0 Å². The summed E-state index contributed by atoms with van der Waals surface area (Å²) in [4.78, 5) is 2.15. The number of nitrogens with two attached hydrogens (primary N) is 2. The number of nitrogens with zero attached hydrogens (tertiary/aromatic N) is 1. The van der Waals surface area contributed by atoms with Gasteiger partial charge in [0.1, 0.15) is 4.90 Å². The topological polar surface area (TPSA) is 89.4 Å². The zero-order chi connectivity index (χ0) is 15.3. The van der Waals surface area contributed by atoms with E-state index < -0.39 is 10.0 Å². The van der Waals surface area contributed by atoms with E-state index in [1.807, 2.05) is 6.92 Å². The van der Waals surface area contributed by atoms with Gasteiger partial charge in [-0.05, 0) is 31.0 Å². The fourth-order valence-electron chi connectivity index (χ4n) is 2.28. The van der Waals surface area contributed by atoms with Crippen LogP contribution in [0.1, 0.15) is 33.6 Å². The first kappa shape index (κ1) is 16.8. The van der Waals surface area contributed by atoms with Crippen LogP contribution in [0.15, 0.2) is 23.1 Å². The number of primary sulfonamides is 1. The minimum absolute atomic E-state index is 0.102. The predicted octanol–water partition coefficient (Wildman–Crippen LogP) is 2.18. The summed E-state index contributed by atoms with van der Waals surface area (Å²) in [6.07, 6.45) is 2.12. The van der Waals surface area contributed by atoms with Gasteiger partial charge in [-0.25, -0.2) is 13.6 Å². The van der Waals surface area contributed by atoms with Crippen molar-refractivity contribution >= 4 is 21.4 Å². The molecule has 0 aromatic heterocycles. The highest BCUT2D eigenvalue weighted by atomic mass is 32.2. The third-order valence-electron chi connectivity index (χ3n) is 3.65. The van der Waals surface area contributed by atoms with E-state index in [4.69, 9.17) is 10.9 Å². The summed E-state index contributed by atoms with van der Waals surface area (Å²) in [5.74, 6) is 0.529. The van der Waals surface area contributed by atoms with E-state index in [9.17, 15) is 8.42 Å². The third kappa shape index (κ3) is 4.11. The Hall–Kier alpha value is -1.27. The number of benzene rings is 1. The molecule has 4 N–H and O–H groups in total. The molecule has 114 valence electrons. The van der Waals surface area contributed by atoms with Crippen LogP contribution in [0.2, 0.25) is 0 Å². The Bertz CT molecular complexity index is 539. The van der Waals surface area contributed by atoms with Crippen LogP contribution >= 0.6 is 0 Å². The predicted molar refractivity (Wildman–Crippen MR) is 84.2 cm³/mol. The monoisotopic (exact) mass is 299 g/mol. The number of hydrogen-bond donors (Lipinski definition) is 2. The summed E-state index contributed by atoms with van der Waals surface area (Å²) in [6, 6.07) is 4.88. The Balaban J connectivity index is 3.22. The number of nitrogen functional groups attached to an aromatic ring is 1. The molecule has 0 radical (unpaired) electrons. The Labute approximate surface area is 122 Å². The molecular weight excluding hydrogens is 274 g/mol. The van der Waals surface area contributed by atoms with Crippen molar-refractivity contribution in [1.29, 1.82) is 0 Å². The van der Waals surface area contributed by atoms with Crippen molar-refractivity contribution in [2.45, 2.75) is 38.5 Å². The van der Waals surface area contributed by atoms with Crippen molar-refractivity contribution < 1.29 is 8.42 Å². The maximum absolute atomic E-state index is 11.7. The Morgan fingerprint density at radius 1 is 1.20 bits per heavy atom. The van der Waals surface area contributed by atoms with Crippen LogP contribution < -0.4 is 15.8 Å². The van der Waals surface area contributed by atoms with Gasteiger partial charge < -0.3 is 10.6 Å². The number of sulfonamides is 1. The van der Waals surface area contributed by atoms with Gasteiger partial charge in [0.2, 0.25) is 10.0 Å². The summed E-state index contributed by atoms with van der Waals surface area (Å²) >= 11 is 0. The van der Waals surface area contributed by atoms with Gasteiger partial charge in [0, 0.05) is 18.8 Å². The quantitative estimate of drug-likeness (QED) is 0.755. The van der Waals surface area contributed by atoms with E-state index >= 15 is 0 Å². The zero-order valence-electron chi connectivity index (χ0n) is 12.5. The van der Waals surface area contributed by atoms with Gasteiger partial charge in [-0.15, -0.1) is 0 Å². The molecule has 0 aliphatic rings.